The third-order valence-corrected chi connectivity index (χ3v) is 4.45. The van der Waals surface area contributed by atoms with E-state index in [1.54, 1.807) is 18.5 Å². The number of ether oxygens (including phenoxy) is 3. The molecule has 1 unspecified atom stereocenters. The van der Waals surface area contributed by atoms with Gasteiger partial charge < -0.3 is 19.1 Å². The van der Waals surface area contributed by atoms with Gasteiger partial charge in [-0.3, -0.25) is 0 Å². The number of nitrogens with zero attached hydrogens (tertiary/aromatic N) is 3. The van der Waals surface area contributed by atoms with Gasteiger partial charge in [0.05, 0.1) is 19.3 Å². The van der Waals surface area contributed by atoms with E-state index in [1.165, 1.54) is 18.9 Å². The van der Waals surface area contributed by atoms with Crippen LogP contribution in [0, 0.1) is 0 Å². The van der Waals surface area contributed by atoms with Crippen LogP contribution in [0.5, 0.6) is 0 Å². The lowest BCUT2D eigenvalue weighted by molar-refractivity contribution is -0.116. The number of methoxy groups -OCH3 is 1. The largest absolute Gasteiger partial charge is 0.508 e. The predicted octanol–water partition coefficient (Wildman–Crippen LogP) is 1.79. The van der Waals surface area contributed by atoms with E-state index < -0.39 is 17.7 Å². The van der Waals surface area contributed by atoms with Gasteiger partial charge in [-0.2, -0.15) is 0 Å². The summed E-state index contributed by atoms with van der Waals surface area (Å²) in [6.45, 7) is 2.00. The number of hydrogen-bond donors (Lipinski definition) is 0. The zero-order chi connectivity index (χ0) is 16.1. The molecule has 0 bridgehead atoms. The molecule has 0 amide bonds. The summed E-state index contributed by atoms with van der Waals surface area (Å²) in [5.41, 5.74) is -0.391. The number of likely N-dealkylation sites (N-methyl/N-ethyl adjacent to an activating group) is 1. The number of rotatable bonds is 4. The Hall–Kier alpha value is -1.38. The summed E-state index contributed by atoms with van der Waals surface area (Å²) in [4.78, 5) is 22.0. The van der Waals surface area contributed by atoms with Crippen molar-refractivity contribution in [2.24, 2.45) is 0 Å². The highest BCUT2D eigenvalue weighted by Gasteiger charge is 2.42. The maximum atomic E-state index is 11.6. The van der Waals surface area contributed by atoms with Crippen molar-refractivity contribution in [1.29, 1.82) is 0 Å². The summed E-state index contributed by atoms with van der Waals surface area (Å²) in [7, 11) is 5.20. The van der Waals surface area contributed by atoms with Crippen LogP contribution in [0.4, 0.5) is 4.79 Å². The molecule has 0 spiro atoms. The summed E-state index contributed by atoms with van der Waals surface area (Å²) in [5, 5.41) is 0.581. The molecule has 2 rings (SSSR count). The molecule has 0 aliphatic carbocycles. The van der Waals surface area contributed by atoms with E-state index in [2.05, 4.69) is 14.7 Å². The Morgan fingerprint density at radius 1 is 1.41 bits per heavy atom. The van der Waals surface area contributed by atoms with Gasteiger partial charge in [0.2, 0.25) is 0 Å². The first-order valence-electron chi connectivity index (χ1n) is 7.01. The van der Waals surface area contributed by atoms with Crippen molar-refractivity contribution in [2.75, 3.05) is 21.2 Å². The molecule has 1 aliphatic rings. The lowest BCUT2D eigenvalue weighted by Gasteiger charge is -2.42. The first kappa shape index (κ1) is 17.0. The molecule has 122 valence electrons. The van der Waals surface area contributed by atoms with Crippen LogP contribution in [0.2, 0.25) is 0 Å². The second-order valence-electron chi connectivity index (χ2n) is 5.27. The highest BCUT2D eigenvalue weighted by Crippen LogP contribution is 2.34. The van der Waals surface area contributed by atoms with Gasteiger partial charge in [0.15, 0.2) is 11.3 Å². The normalized spacial score (nSPS) is 28.4. The molecular formula is C14H21N3O4S. The molecule has 0 saturated carbocycles. The number of hydrogen-bond acceptors (Lipinski definition) is 8. The molecule has 8 heteroatoms. The van der Waals surface area contributed by atoms with Crippen molar-refractivity contribution < 1.29 is 19.0 Å². The average molecular weight is 327 g/mol. The van der Waals surface area contributed by atoms with Gasteiger partial charge >= 0.3 is 6.16 Å². The summed E-state index contributed by atoms with van der Waals surface area (Å²) < 4.78 is 16.0. The fraction of sp³-hybridized carbons (Fsp3) is 0.643. The third-order valence-electron chi connectivity index (χ3n) is 3.41. The van der Waals surface area contributed by atoms with E-state index in [9.17, 15) is 4.79 Å². The molecule has 1 aromatic heterocycles. The SMILES string of the molecule is COC(=O)O[C@H]1C(Sc2ncccn2)O[C@H](C)C[C@@H]1N(C)C. The smallest absolute Gasteiger partial charge is 0.438 e. The van der Waals surface area contributed by atoms with Gasteiger partial charge in [-0.25, -0.2) is 14.8 Å². The molecule has 1 aromatic rings. The first-order valence-corrected chi connectivity index (χ1v) is 7.89. The second-order valence-corrected chi connectivity index (χ2v) is 6.33. The fourth-order valence-electron chi connectivity index (χ4n) is 2.36. The maximum Gasteiger partial charge on any atom is 0.508 e. The minimum atomic E-state index is -0.713. The molecule has 2 heterocycles. The summed E-state index contributed by atoms with van der Waals surface area (Å²) >= 11 is 1.35. The number of carbonyl (C=O) groups is 1. The number of carbonyl (C=O) groups excluding carboxylic acids is 1. The third kappa shape index (κ3) is 4.31. The lowest BCUT2D eigenvalue weighted by Crippen LogP contribution is -2.54. The Morgan fingerprint density at radius 2 is 2.09 bits per heavy atom. The van der Waals surface area contributed by atoms with E-state index in [0.29, 0.717) is 5.16 Å². The number of aromatic nitrogens is 2. The van der Waals surface area contributed by atoms with E-state index in [0.717, 1.165) is 6.42 Å². The Balaban J connectivity index is 2.19. The molecule has 7 nitrogen and oxygen atoms in total. The monoisotopic (exact) mass is 327 g/mol. The fourth-order valence-corrected chi connectivity index (χ4v) is 3.43. The lowest BCUT2D eigenvalue weighted by atomic mass is 10.0. The topological polar surface area (TPSA) is 73.8 Å². The summed E-state index contributed by atoms with van der Waals surface area (Å²) in [6, 6.07) is 1.78. The zero-order valence-electron chi connectivity index (χ0n) is 13.1. The molecule has 4 atom stereocenters. The molecule has 1 saturated heterocycles. The van der Waals surface area contributed by atoms with E-state index >= 15 is 0 Å². The molecule has 1 fully saturated rings. The Labute approximate surface area is 134 Å². The van der Waals surface area contributed by atoms with Crippen molar-refractivity contribution in [3.8, 4) is 0 Å². The van der Waals surface area contributed by atoms with Crippen molar-refractivity contribution in [2.45, 2.75) is 42.2 Å². The maximum absolute atomic E-state index is 11.6. The molecular weight excluding hydrogens is 306 g/mol. The van der Waals surface area contributed by atoms with Crippen molar-refractivity contribution in [1.82, 2.24) is 14.9 Å². The second kappa shape index (κ2) is 7.75. The standard InChI is InChI=1S/C14H21N3O4S/c1-9-8-10(17(2)3)11(21-14(18)19-4)12(20-9)22-13-15-6-5-7-16-13/h5-7,9-12H,8H2,1-4H3/t9-,10+,11-,12?/m1/s1. The Kier molecular flexibility index (Phi) is 5.98. The Morgan fingerprint density at radius 3 is 2.68 bits per heavy atom. The van der Waals surface area contributed by atoms with E-state index in [-0.39, 0.29) is 12.1 Å². The minimum Gasteiger partial charge on any atom is -0.438 e. The van der Waals surface area contributed by atoms with Crippen LogP contribution >= 0.6 is 11.8 Å². The van der Waals surface area contributed by atoms with E-state index in [1.807, 2.05) is 25.9 Å². The van der Waals surface area contributed by atoms with Gasteiger partial charge in [-0.1, -0.05) is 11.8 Å². The van der Waals surface area contributed by atoms with Crippen molar-refractivity contribution in [3.05, 3.63) is 18.5 Å². The van der Waals surface area contributed by atoms with Crippen LogP contribution in [0.25, 0.3) is 0 Å². The van der Waals surface area contributed by atoms with Crippen LogP contribution in [0.3, 0.4) is 0 Å². The Bertz CT molecular complexity index is 488. The van der Waals surface area contributed by atoms with Crippen LogP contribution < -0.4 is 0 Å². The summed E-state index contributed by atoms with van der Waals surface area (Å²) in [6.07, 6.45) is 2.97. The zero-order valence-corrected chi connectivity index (χ0v) is 13.9. The highest BCUT2D eigenvalue weighted by atomic mass is 32.2. The van der Waals surface area contributed by atoms with Gasteiger partial charge in [0, 0.05) is 12.4 Å². The van der Waals surface area contributed by atoms with Crippen LogP contribution in [-0.4, -0.2) is 65.9 Å². The van der Waals surface area contributed by atoms with Crippen molar-refractivity contribution in [3.63, 3.8) is 0 Å². The average Bonchev–Trinajstić information content (AvgIpc) is 2.50. The van der Waals surface area contributed by atoms with Crippen LogP contribution in [-0.2, 0) is 14.2 Å². The summed E-state index contributed by atoms with van der Waals surface area (Å²) in [5.74, 6) is 0. The highest BCUT2D eigenvalue weighted by molar-refractivity contribution is 7.99. The molecule has 22 heavy (non-hydrogen) atoms. The van der Waals surface area contributed by atoms with E-state index in [4.69, 9.17) is 9.47 Å². The van der Waals surface area contributed by atoms with Gasteiger partial charge in [0.25, 0.3) is 0 Å². The molecule has 0 aromatic carbocycles. The number of thioether (sulfide) groups is 1. The van der Waals surface area contributed by atoms with Gasteiger partial charge in [-0.15, -0.1) is 0 Å². The van der Waals surface area contributed by atoms with Crippen molar-refractivity contribution >= 4 is 17.9 Å². The quantitative estimate of drug-likeness (QED) is 0.612. The van der Waals surface area contributed by atoms with Crippen LogP contribution in [0.1, 0.15) is 13.3 Å². The first-order chi connectivity index (χ1) is 10.5. The van der Waals surface area contributed by atoms with Crippen LogP contribution in [0.15, 0.2) is 23.6 Å². The predicted molar refractivity (Wildman–Crippen MR) is 81.6 cm³/mol. The molecule has 0 N–H and O–H groups in total. The molecule has 1 aliphatic heterocycles. The van der Waals surface area contributed by atoms with Gasteiger partial charge in [0.1, 0.15) is 5.44 Å². The van der Waals surface area contributed by atoms with Gasteiger partial charge in [-0.05, 0) is 33.5 Å². The minimum absolute atomic E-state index is 0.0315. The molecule has 0 radical (unpaired) electrons.